The van der Waals surface area contributed by atoms with Crippen molar-refractivity contribution >= 4 is 29.1 Å². The third-order valence-electron chi connectivity index (χ3n) is 8.41. The molecule has 230 valence electrons. The second-order valence-corrected chi connectivity index (χ2v) is 11.5. The molecule has 2 aliphatic heterocycles. The highest BCUT2D eigenvalue weighted by molar-refractivity contribution is 6.08. The second-order valence-electron chi connectivity index (χ2n) is 11.5. The maximum atomic E-state index is 14.0. The zero-order valence-corrected chi connectivity index (χ0v) is 25.0. The molecule has 44 heavy (non-hydrogen) atoms. The molecule has 0 bridgehead atoms. The van der Waals surface area contributed by atoms with E-state index >= 15 is 0 Å². The third kappa shape index (κ3) is 6.75. The highest BCUT2D eigenvalue weighted by Crippen LogP contribution is 2.47. The first-order valence-corrected chi connectivity index (χ1v) is 15.2. The van der Waals surface area contributed by atoms with Crippen molar-refractivity contribution in [1.82, 2.24) is 10.2 Å². The summed E-state index contributed by atoms with van der Waals surface area (Å²) >= 11 is 0. The summed E-state index contributed by atoms with van der Waals surface area (Å²) in [5, 5.41) is 27.8. The van der Waals surface area contributed by atoms with Crippen LogP contribution < -0.4 is 15.5 Å². The summed E-state index contributed by atoms with van der Waals surface area (Å²) in [6.07, 6.45) is 5.10. The molecule has 3 atom stereocenters. The minimum absolute atomic E-state index is 0.0481. The smallest absolute Gasteiger partial charge is 0.264 e. The van der Waals surface area contributed by atoms with Gasteiger partial charge in [-0.05, 0) is 48.7 Å². The average Bonchev–Trinajstić information content (AvgIpc) is 3.65. The molecular weight excluding hydrogens is 556 g/mol. The van der Waals surface area contributed by atoms with Crippen molar-refractivity contribution in [2.75, 3.05) is 29.9 Å². The van der Waals surface area contributed by atoms with E-state index in [4.69, 9.17) is 0 Å². The number of nitrogens with zero attached hydrogens (tertiary/aromatic N) is 2. The molecule has 2 aliphatic rings. The van der Waals surface area contributed by atoms with Crippen LogP contribution in [0.3, 0.4) is 0 Å². The van der Waals surface area contributed by atoms with E-state index in [1.165, 1.54) is 0 Å². The fraction of sp³-hybridized carbons (Fsp3) is 0.343. The Morgan fingerprint density at radius 1 is 1.09 bits per heavy atom. The predicted molar refractivity (Wildman–Crippen MR) is 169 cm³/mol. The molecule has 0 saturated carbocycles. The summed E-state index contributed by atoms with van der Waals surface area (Å²) in [7, 11) is 0. The van der Waals surface area contributed by atoms with Crippen LogP contribution in [-0.4, -0.2) is 58.6 Å². The first-order chi connectivity index (χ1) is 21.3. The van der Waals surface area contributed by atoms with Crippen molar-refractivity contribution in [3.63, 3.8) is 0 Å². The molecule has 3 aromatic rings. The number of hydrogen-bond donors (Lipinski definition) is 4. The Morgan fingerprint density at radius 2 is 1.80 bits per heavy atom. The number of benzene rings is 3. The number of rotatable bonds is 12. The SMILES string of the molecule is C[C@@H](/C=C/CC(=O)N(CCO)Cc1ccccc1)[C@]1(O)C(=O)N(Cc2ccccc2)c2ccc(NC(=O)[C@H]3CCCN3)cc21. The van der Waals surface area contributed by atoms with E-state index in [0.29, 0.717) is 23.5 Å². The predicted octanol–water partition coefficient (Wildman–Crippen LogP) is 3.72. The van der Waals surface area contributed by atoms with Gasteiger partial charge in [0.2, 0.25) is 11.8 Å². The molecule has 0 aliphatic carbocycles. The lowest BCUT2D eigenvalue weighted by atomic mass is 9.82. The number of aliphatic hydroxyl groups is 2. The number of aliphatic hydroxyl groups excluding tert-OH is 1. The van der Waals surface area contributed by atoms with E-state index in [1.54, 1.807) is 47.1 Å². The van der Waals surface area contributed by atoms with E-state index < -0.39 is 17.4 Å². The van der Waals surface area contributed by atoms with Gasteiger partial charge in [0.25, 0.3) is 5.91 Å². The lowest BCUT2D eigenvalue weighted by Crippen LogP contribution is -2.44. The molecule has 0 unspecified atom stereocenters. The number of fused-ring (bicyclic) bond motifs is 1. The summed E-state index contributed by atoms with van der Waals surface area (Å²) in [5.74, 6) is -1.48. The fourth-order valence-electron chi connectivity index (χ4n) is 5.94. The molecule has 9 heteroatoms. The van der Waals surface area contributed by atoms with Crippen LogP contribution in [0.2, 0.25) is 0 Å². The lowest BCUT2D eigenvalue weighted by molar-refractivity contribution is -0.139. The van der Waals surface area contributed by atoms with Gasteiger partial charge < -0.3 is 30.6 Å². The van der Waals surface area contributed by atoms with Gasteiger partial charge >= 0.3 is 0 Å². The van der Waals surface area contributed by atoms with Crippen molar-refractivity contribution in [1.29, 1.82) is 0 Å². The summed E-state index contributed by atoms with van der Waals surface area (Å²) in [6.45, 7) is 3.23. The Bertz CT molecular complexity index is 1490. The summed E-state index contributed by atoms with van der Waals surface area (Å²) < 4.78 is 0. The molecular formula is C35H40N4O5. The van der Waals surface area contributed by atoms with Crippen molar-refractivity contribution in [2.45, 2.75) is 50.9 Å². The zero-order chi connectivity index (χ0) is 31.1. The minimum Gasteiger partial charge on any atom is -0.395 e. The maximum absolute atomic E-state index is 14.0. The largest absolute Gasteiger partial charge is 0.395 e. The third-order valence-corrected chi connectivity index (χ3v) is 8.41. The number of anilines is 2. The van der Waals surface area contributed by atoms with Gasteiger partial charge in [-0.25, -0.2) is 0 Å². The minimum atomic E-state index is -1.91. The van der Waals surface area contributed by atoms with E-state index in [-0.39, 0.29) is 44.0 Å². The number of nitrogens with one attached hydrogen (secondary N) is 2. The van der Waals surface area contributed by atoms with Gasteiger partial charge in [0.15, 0.2) is 5.60 Å². The Kier molecular flexibility index (Phi) is 9.89. The molecule has 0 spiro atoms. The van der Waals surface area contributed by atoms with Crippen LogP contribution in [0, 0.1) is 5.92 Å². The Hall–Kier alpha value is -4.31. The number of hydrogen-bond acceptors (Lipinski definition) is 6. The van der Waals surface area contributed by atoms with Crippen LogP contribution in [0.1, 0.15) is 42.9 Å². The Balaban J connectivity index is 1.37. The van der Waals surface area contributed by atoms with Gasteiger partial charge in [0, 0.05) is 36.7 Å². The lowest BCUT2D eigenvalue weighted by Gasteiger charge is -2.28. The van der Waals surface area contributed by atoms with Crippen molar-refractivity contribution in [3.05, 3.63) is 108 Å². The quantitative estimate of drug-likeness (QED) is 0.237. The van der Waals surface area contributed by atoms with Gasteiger partial charge in [-0.3, -0.25) is 14.4 Å². The second kappa shape index (κ2) is 14.0. The molecule has 4 N–H and O–H groups in total. The van der Waals surface area contributed by atoms with E-state index in [1.807, 2.05) is 60.7 Å². The van der Waals surface area contributed by atoms with E-state index in [2.05, 4.69) is 10.6 Å². The monoisotopic (exact) mass is 596 g/mol. The molecule has 1 saturated heterocycles. The molecule has 9 nitrogen and oxygen atoms in total. The fourth-order valence-corrected chi connectivity index (χ4v) is 5.94. The normalized spacial score (nSPS) is 20.1. The summed E-state index contributed by atoms with van der Waals surface area (Å²) in [4.78, 5) is 43.1. The van der Waals surface area contributed by atoms with Crippen molar-refractivity contribution in [3.8, 4) is 0 Å². The average molecular weight is 597 g/mol. The highest BCUT2D eigenvalue weighted by atomic mass is 16.3. The van der Waals surface area contributed by atoms with E-state index in [9.17, 15) is 24.6 Å². The Morgan fingerprint density at radius 3 is 2.45 bits per heavy atom. The molecule has 3 amide bonds. The number of amides is 3. The molecule has 5 rings (SSSR count). The van der Waals surface area contributed by atoms with Gasteiger partial charge in [-0.15, -0.1) is 0 Å². The van der Waals surface area contributed by atoms with Crippen LogP contribution in [-0.2, 0) is 33.1 Å². The highest BCUT2D eigenvalue weighted by Gasteiger charge is 2.52. The first-order valence-electron chi connectivity index (χ1n) is 15.2. The standard InChI is InChI=1S/C35H40N4O5/c1-25(10-8-16-32(41)38(20-21-40)23-26-11-4-2-5-12-26)35(44)29-22-28(37-33(42)30-15-9-19-36-30)17-18-31(29)39(34(35)43)24-27-13-6-3-7-14-27/h2-8,10-14,17-18,22,25,30,36,40,44H,9,15-16,19-21,23-24H2,1H3,(H,37,42)/b10-8+/t25-,30+,35+/m0/s1. The number of carbonyl (C=O) groups is 3. The maximum Gasteiger partial charge on any atom is 0.264 e. The van der Waals surface area contributed by atoms with Crippen LogP contribution in [0.15, 0.2) is 91.0 Å². The molecule has 0 aromatic heterocycles. The molecule has 0 radical (unpaired) electrons. The zero-order valence-electron chi connectivity index (χ0n) is 25.0. The van der Waals surface area contributed by atoms with Crippen molar-refractivity contribution < 1.29 is 24.6 Å². The van der Waals surface area contributed by atoms with Crippen LogP contribution in [0.25, 0.3) is 0 Å². The van der Waals surface area contributed by atoms with Crippen LogP contribution in [0.5, 0.6) is 0 Å². The molecule has 3 aromatic carbocycles. The van der Waals surface area contributed by atoms with Crippen molar-refractivity contribution in [2.24, 2.45) is 5.92 Å². The van der Waals surface area contributed by atoms with Gasteiger partial charge in [0.05, 0.1) is 24.9 Å². The van der Waals surface area contributed by atoms with Gasteiger partial charge in [0.1, 0.15) is 0 Å². The van der Waals surface area contributed by atoms with Crippen LogP contribution in [0.4, 0.5) is 11.4 Å². The molecule has 1 fully saturated rings. The first kappa shape index (κ1) is 31.1. The summed E-state index contributed by atoms with van der Waals surface area (Å²) in [5.41, 5.74) is 1.44. The van der Waals surface area contributed by atoms with Gasteiger partial charge in [-0.1, -0.05) is 79.7 Å². The summed E-state index contributed by atoms with van der Waals surface area (Å²) in [6, 6.07) is 24.1. The Labute approximate surface area is 258 Å². The molecule has 2 heterocycles. The van der Waals surface area contributed by atoms with Gasteiger partial charge in [-0.2, -0.15) is 0 Å². The van der Waals surface area contributed by atoms with Crippen LogP contribution >= 0.6 is 0 Å². The number of carbonyl (C=O) groups excluding carboxylic acids is 3. The van der Waals surface area contributed by atoms with E-state index in [0.717, 1.165) is 30.5 Å². The topological polar surface area (TPSA) is 122 Å².